The topological polar surface area (TPSA) is 42.9 Å². The Kier molecular flexibility index (Phi) is 5.08. The van der Waals surface area contributed by atoms with E-state index >= 15 is 0 Å². The molecule has 0 saturated carbocycles. The van der Waals surface area contributed by atoms with Crippen molar-refractivity contribution in [3.05, 3.63) is 52.7 Å². The van der Waals surface area contributed by atoms with E-state index < -0.39 is 0 Å². The second-order valence-corrected chi connectivity index (χ2v) is 10.3. The van der Waals surface area contributed by atoms with Gasteiger partial charge in [0, 0.05) is 15.8 Å². The Morgan fingerprint density at radius 3 is 2.74 bits per heavy atom. The number of carbonyl (C=O) groups is 1. The number of aryl methyl sites for hydroxylation is 1. The number of fused-ring (bicyclic) bond motifs is 3. The third-order valence-corrected chi connectivity index (χ3v) is 7.62. The number of ketones is 1. The van der Waals surface area contributed by atoms with E-state index in [0.717, 1.165) is 28.3 Å². The summed E-state index contributed by atoms with van der Waals surface area (Å²) in [5, 5.41) is 2.15. The van der Waals surface area contributed by atoms with Crippen molar-refractivity contribution >= 4 is 39.1 Å². The highest BCUT2D eigenvalue weighted by atomic mass is 32.2. The van der Waals surface area contributed by atoms with Crippen LogP contribution in [-0.2, 0) is 12.8 Å². The van der Waals surface area contributed by atoms with Gasteiger partial charge in [0.2, 0.25) is 0 Å². The van der Waals surface area contributed by atoms with Gasteiger partial charge >= 0.3 is 0 Å². The molecule has 2 heterocycles. The van der Waals surface area contributed by atoms with Gasteiger partial charge in [-0.2, -0.15) is 0 Å². The van der Waals surface area contributed by atoms with Gasteiger partial charge in [0.1, 0.15) is 16.2 Å². The quantitative estimate of drug-likeness (QED) is 0.317. The Morgan fingerprint density at radius 2 is 2.00 bits per heavy atom. The molecular weight excluding hydrogens is 372 g/mol. The molecular formula is C22H24N2OS2. The largest absolute Gasteiger partial charge is 0.293 e. The number of hydrogen-bond donors (Lipinski definition) is 0. The predicted octanol–water partition coefficient (Wildman–Crippen LogP) is 5.82. The number of rotatable bonds is 4. The van der Waals surface area contributed by atoms with Crippen molar-refractivity contribution in [3.8, 4) is 0 Å². The van der Waals surface area contributed by atoms with E-state index in [9.17, 15) is 4.79 Å². The van der Waals surface area contributed by atoms with E-state index in [4.69, 9.17) is 0 Å². The first-order valence-corrected chi connectivity index (χ1v) is 11.2. The summed E-state index contributed by atoms with van der Waals surface area (Å²) in [7, 11) is 0. The molecule has 3 aromatic rings. The molecule has 27 heavy (non-hydrogen) atoms. The fourth-order valence-electron chi connectivity index (χ4n) is 3.77. The fraction of sp³-hybridized carbons (Fsp3) is 0.409. The zero-order valence-corrected chi connectivity index (χ0v) is 17.6. The van der Waals surface area contributed by atoms with E-state index in [1.807, 2.05) is 41.7 Å². The highest BCUT2D eigenvalue weighted by molar-refractivity contribution is 8.00. The third-order valence-electron chi connectivity index (χ3n) is 5.47. The maximum atomic E-state index is 12.5. The van der Waals surface area contributed by atoms with Crippen molar-refractivity contribution in [2.45, 2.75) is 45.1 Å². The van der Waals surface area contributed by atoms with Crippen LogP contribution in [0.2, 0.25) is 0 Å². The van der Waals surface area contributed by atoms with Crippen LogP contribution in [0.5, 0.6) is 0 Å². The van der Waals surface area contributed by atoms with Crippen LogP contribution in [0.4, 0.5) is 0 Å². The van der Waals surface area contributed by atoms with Crippen molar-refractivity contribution in [2.75, 3.05) is 5.75 Å². The molecule has 0 unspecified atom stereocenters. The molecule has 1 aromatic carbocycles. The van der Waals surface area contributed by atoms with Crippen LogP contribution in [0.3, 0.4) is 0 Å². The van der Waals surface area contributed by atoms with E-state index in [1.165, 1.54) is 22.2 Å². The highest BCUT2D eigenvalue weighted by Gasteiger charge is 2.31. The van der Waals surface area contributed by atoms with Gasteiger partial charge in [0.05, 0.1) is 5.75 Å². The molecule has 0 bridgehead atoms. The first kappa shape index (κ1) is 18.6. The zero-order valence-electron chi connectivity index (χ0n) is 16.0. The molecule has 2 aromatic heterocycles. The lowest BCUT2D eigenvalue weighted by Crippen LogP contribution is -2.26. The monoisotopic (exact) mass is 396 g/mol. The second kappa shape index (κ2) is 7.36. The van der Waals surface area contributed by atoms with E-state index in [2.05, 4.69) is 30.7 Å². The smallest absolute Gasteiger partial charge is 0.173 e. The van der Waals surface area contributed by atoms with Crippen molar-refractivity contribution in [2.24, 2.45) is 11.3 Å². The first-order valence-electron chi connectivity index (χ1n) is 9.40. The average molecular weight is 397 g/mol. The van der Waals surface area contributed by atoms with Crippen LogP contribution in [-0.4, -0.2) is 21.5 Å². The van der Waals surface area contributed by atoms with Gasteiger partial charge in [0.15, 0.2) is 5.78 Å². The number of hydrogen-bond acceptors (Lipinski definition) is 5. The molecule has 0 N–H and O–H groups in total. The van der Waals surface area contributed by atoms with Gasteiger partial charge in [-0.1, -0.05) is 62.9 Å². The molecule has 4 rings (SSSR count). The summed E-state index contributed by atoms with van der Waals surface area (Å²) in [5.74, 6) is 1.26. The van der Waals surface area contributed by atoms with Gasteiger partial charge in [-0.15, -0.1) is 11.3 Å². The molecule has 0 saturated heterocycles. The molecule has 1 aliphatic carbocycles. The molecule has 1 aliphatic rings. The molecule has 1 atom stereocenters. The van der Waals surface area contributed by atoms with Crippen molar-refractivity contribution in [1.82, 2.24) is 9.97 Å². The Hall–Kier alpha value is -1.72. The standard InChI is InChI=1S/C22H24N2OS2/c1-22(2,3)15-9-10-16-18(11-15)27-21-19(16)20(23-13-24-21)26-12-17(25)14-7-5-4-6-8-14/h4-8,13,15H,9-12H2,1-3H3/t15-/m0/s1. The van der Waals surface area contributed by atoms with E-state index in [-0.39, 0.29) is 5.78 Å². The minimum absolute atomic E-state index is 0.143. The fourth-order valence-corrected chi connectivity index (χ4v) is 6.02. The lowest BCUT2D eigenvalue weighted by Gasteiger charge is -2.33. The SMILES string of the molecule is CC(C)(C)[C@H]1CCc2c(sc3ncnc(SCC(=O)c4ccccc4)c23)C1. The Balaban J connectivity index is 1.60. The van der Waals surface area contributed by atoms with Gasteiger partial charge in [-0.3, -0.25) is 4.79 Å². The summed E-state index contributed by atoms with van der Waals surface area (Å²) in [6, 6.07) is 9.48. The number of Topliss-reactive ketones (excluding diaryl/α,β-unsaturated/α-hetero) is 1. The van der Waals surface area contributed by atoms with Gasteiger partial charge in [-0.05, 0) is 36.2 Å². The number of nitrogens with zero attached hydrogens (tertiary/aromatic N) is 2. The van der Waals surface area contributed by atoms with Crippen LogP contribution in [0, 0.1) is 11.3 Å². The van der Waals surface area contributed by atoms with Crippen molar-refractivity contribution in [1.29, 1.82) is 0 Å². The number of thioether (sulfide) groups is 1. The molecule has 0 fully saturated rings. The molecule has 0 radical (unpaired) electrons. The van der Waals surface area contributed by atoms with Crippen LogP contribution in [0.15, 0.2) is 41.7 Å². The molecule has 0 spiro atoms. The number of benzene rings is 1. The summed E-state index contributed by atoms with van der Waals surface area (Å²) in [4.78, 5) is 24.1. The Morgan fingerprint density at radius 1 is 1.22 bits per heavy atom. The van der Waals surface area contributed by atoms with E-state index in [0.29, 0.717) is 17.1 Å². The van der Waals surface area contributed by atoms with Gasteiger partial charge in [0.25, 0.3) is 0 Å². The maximum absolute atomic E-state index is 12.5. The van der Waals surface area contributed by atoms with E-state index in [1.54, 1.807) is 18.1 Å². The number of thiophene rings is 1. The lowest BCUT2D eigenvalue weighted by atomic mass is 9.72. The second-order valence-electron chi connectivity index (χ2n) is 8.25. The minimum Gasteiger partial charge on any atom is -0.293 e. The zero-order chi connectivity index (χ0) is 19.0. The molecule has 5 heteroatoms. The molecule has 0 aliphatic heterocycles. The van der Waals surface area contributed by atoms with Crippen LogP contribution >= 0.6 is 23.1 Å². The summed E-state index contributed by atoms with van der Waals surface area (Å²) in [6.07, 6.45) is 5.07. The molecule has 140 valence electrons. The van der Waals surface area contributed by atoms with Gasteiger partial charge < -0.3 is 0 Å². The van der Waals surface area contributed by atoms with Crippen molar-refractivity contribution in [3.63, 3.8) is 0 Å². The molecule has 0 amide bonds. The summed E-state index contributed by atoms with van der Waals surface area (Å²) < 4.78 is 0. The molecule has 3 nitrogen and oxygen atoms in total. The predicted molar refractivity (Wildman–Crippen MR) is 114 cm³/mol. The van der Waals surface area contributed by atoms with Crippen LogP contribution in [0.25, 0.3) is 10.2 Å². The first-order chi connectivity index (χ1) is 12.9. The maximum Gasteiger partial charge on any atom is 0.173 e. The normalized spacial score (nSPS) is 17.1. The van der Waals surface area contributed by atoms with Crippen molar-refractivity contribution < 1.29 is 4.79 Å². The van der Waals surface area contributed by atoms with Crippen LogP contribution < -0.4 is 0 Å². The number of aromatic nitrogens is 2. The lowest BCUT2D eigenvalue weighted by molar-refractivity contribution is 0.102. The third kappa shape index (κ3) is 3.81. The minimum atomic E-state index is 0.143. The summed E-state index contributed by atoms with van der Waals surface area (Å²) in [6.45, 7) is 7.02. The average Bonchev–Trinajstić information content (AvgIpc) is 3.04. The van der Waals surface area contributed by atoms with Crippen LogP contribution in [0.1, 0.15) is 48.0 Å². The number of carbonyl (C=O) groups excluding carboxylic acids is 1. The highest BCUT2D eigenvalue weighted by Crippen LogP contribution is 2.44. The Labute approximate surface area is 168 Å². The Bertz CT molecular complexity index is 973. The van der Waals surface area contributed by atoms with Gasteiger partial charge in [-0.25, -0.2) is 9.97 Å². The summed E-state index contributed by atoms with van der Waals surface area (Å²) >= 11 is 3.36. The summed E-state index contributed by atoms with van der Waals surface area (Å²) in [5.41, 5.74) is 2.51.